The normalized spacial score (nSPS) is 14.2. The average molecular weight is 223 g/mol. The van der Waals surface area contributed by atoms with E-state index in [4.69, 9.17) is 14.7 Å². The van der Waals surface area contributed by atoms with Crippen LogP contribution in [0.1, 0.15) is 30.9 Å². The Balaban J connectivity index is 2.41. The van der Waals surface area contributed by atoms with Gasteiger partial charge in [0.2, 0.25) is 0 Å². The minimum absolute atomic E-state index is 0.388. The van der Waals surface area contributed by atoms with E-state index in [2.05, 4.69) is 19.3 Å². The van der Waals surface area contributed by atoms with Gasteiger partial charge in [-0.3, -0.25) is 0 Å². The molecule has 0 aromatic heterocycles. The summed E-state index contributed by atoms with van der Waals surface area (Å²) in [4.78, 5) is 0. The van der Waals surface area contributed by atoms with E-state index in [1.807, 2.05) is 12.1 Å². The summed E-state index contributed by atoms with van der Waals surface area (Å²) in [7, 11) is 0. The van der Waals surface area contributed by atoms with Gasteiger partial charge >= 0.3 is 0 Å². The van der Waals surface area contributed by atoms with Gasteiger partial charge < -0.3 is 14.7 Å². The topological polar surface area (TPSA) is 50.7 Å². The van der Waals surface area contributed by atoms with Crippen LogP contribution in [-0.4, -0.2) is 18.4 Å². The highest BCUT2D eigenvalue weighted by Crippen LogP contribution is 2.35. The molecule has 1 aliphatic heterocycles. The van der Waals surface area contributed by atoms with Crippen LogP contribution >= 0.6 is 0 Å². The number of hydrogen-bond acceptors (Lipinski definition) is 4. The van der Waals surface area contributed by atoms with Crippen molar-refractivity contribution in [3.8, 4) is 11.5 Å². The van der Waals surface area contributed by atoms with Crippen molar-refractivity contribution in [1.82, 2.24) is 5.48 Å². The summed E-state index contributed by atoms with van der Waals surface area (Å²) in [5.74, 6) is 1.96. The fourth-order valence-electron chi connectivity index (χ4n) is 1.92. The minimum atomic E-state index is 0.388. The van der Waals surface area contributed by atoms with Crippen molar-refractivity contribution in [2.45, 2.75) is 26.3 Å². The van der Waals surface area contributed by atoms with E-state index in [1.165, 1.54) is 5.56 Å². The highest BCUT2D eigenvalue weighted by Gasteiger charge is 2.16. The number of fused-ring (bicyclic) bond motifs is 1. The molecule has 4 heteroatoms. The van der Waals surface area contributed by atoms with Crippen LogP contribution in [0.3, 0.4) is 0 Å². The molecule has 0 spiro atoms. The van der Waals surface area contributed by atoms with E-state index >= 15 is 0 Å². The van der Waals surface area contributed by atoms with Crippen LogP contribution in [0.5, 0.6) is 11.5 Å². The van der Waals surface area contributed by atoms with Crippen LogP contribution in [0.25, 0.3) is 0 Å². The van der Waals surface area contributed by atoms with E-state index in [-0.39, 0.29) is 0 Å². The molecule has 0 unspecified atom stereocenters. The molecule has 0 bridgehead atoms. The molecular formula is C12H17NO3. The van der Waals surface area contributed by atoms with Gasteiger partial charge in [0.1, 0.15) is 13.2 Å². The molecule has 1 aliphatic rings. The highest BCUT2D eigenvalue weighted by molar-refractivity contribution is 5.49. The zero-order chi connectivity index (χ0) is 11.5. The van der Waals surface area contributed by atoms with Gasteiger partial charge in [0, 0.05) is 6.54 Å². The molecule has 88 valence electrons. The van der Waals surface area contributed by atoms with Crippen molar-refractivity contribution in [3.05, 3.63) is 23.3 Å². The number of hydrogen-bond donors (Lipinski definition) is 2. The molecule has 4 nitrogen and oxygen atoms in total. The number of rotatable bonds is 3. The molecule has 0 atom stereocenters. The molecule has 0 saturated heterocycles. The smallest absolute Gasteiger partial charge is 0.161 e. The van der Waals surface area contributed by atoms with Gasteiger partial charge in [-0.1, -0.05) is 13.8 Å². The first-order valence-corrected chi connectivity index (χ1v) is 5.51. The number of nitrogens with one attached hydrogen (secondary N) is 1. The van der Waals surface area contributed by atoms with Gasteiger partial charge in [0.25, 0.3) is 0 Å². The van der Waals surface area contributed by atoms with Gasteiger partial charge in [-0.25, -0.2) is 5.48 Å². The highest BCUT2D eigenvalue weighted by atomic mass is 16.6. The van der Waals surface area contributed by atoms with E-state index in [0.29, 0.717) is 25.7 Å². The third kappa shape index (κ3) is 2.13. The first-order chi connectivity index (χ1) is 7.72. The molecule has 2 N–H and O–H groups in total. The Morgan fingerprint density at radius 3 is 2.44 bits per heavy atom. The number of hydroxylamine groups is 1. The summed E-state index contributed by atoms with van der Waals surface area (Å²) < 4.78 is 11.1. The van der Waals surface area contributed by atoms with Crippen molar-refractivity contribution in [3.63, 3.8) is 0 Å². The lowest BCUT2D eigenvalue weighted by Gasteiger charge is -2.22. The number of benzene rings is 1. The van der Waals surface area contributed by atoms with E-state index in [1.54, 1.807) is 0 Å². The zero-order valence-corrected chi connectivity index (χ0v) is 9.62. The Morgan fingerprint density at radius 1 is 1.25 bits per heavy atom. The Morgan fingerprint density at radius 2 is 1.88 bits per heavy atom. The van der Waals surface area contributed by atoms with Crippen molar-refractivity contribution in [2.75, 3.05) is 13.2 Å². The van der Waals surface area contributed by atoms with Gasteiger partial charge in [-0.2, -0.15) is 0 Å². The second-order valence-electron chi connectivity index (χ2n) is 4.18. The zero-order valence-electron chi connectivity index (χ0n) is 9.62. The predicted molar refractivity (Wildman–Crippen MR) is 60.1 cm³/mol. The van der Waals surface area contributed by atoms with Gasteiger partial charge in [0.05, 0.1) is 0 Å². The third-order valence-electron chi connectivity index (χ3n) is 2.70. The fraction of sp³-hybridized carbons (Fsp3) is 0.500. The van der Waals surface area contributed by atoms with Crippen LogP contribution in [0.4, 0.5) is 0 Å². The van der Waals surface area contributed by atoms with E-state index < -0.39 is 0 Å². The third-order valence-corrected chi connectivity index (χ3v) is 2.70. The quantitative estimate of drug-likeness (QED) is 0.770. The Bertz CT molecular complexity index is 377. The molecular weight excluding hydrogens is 206 g/mol. The van der Waals surface area contributed by atoms with E-state index in [0.717, 1.165) is 17.1 Å². The van der Waals surface area contributed by atoms with Crippen LogP contribution < -0.4 is 15.0 Å². The molecule has 0 amide bonds. The maximum atomic E-state index is 8.81. The van der Waals surface area contributed by atoms with Crippen molar-refractivity contribution in [1.29, 1.82) is 0 Å². The standard InChI is InChI=1S/C12H17NO3/c1-8(2)10-6-12-11(15-3-4-16-12)5-9(10)7-13-14/h5-6,8,13-14H,3-4,7H2,1-2H3. The minimum Gasteiger partial charge on any atom is -0.486 e. The largest absolute Gasteiger partial charge is 0.486 e. The molecule has 1 aromatic rings. The molecule has 0 radical (unpaired) electrons. The average Bonchev–Trinajstić information content (AvgIpc) is 2.28. The van der Waals surface area contributed by atoms with Crippen molar-refractivity contribution < 1.29 is 14.7 Å². The molecule has 1 heterocycles. The SMILES string of the molecule is CC(C)c1cc2c(cc1CNO)OCCO2. The fourth-order valence-corrected chi connectivity index (χ4v) is 1.92. The summed E-state index contributed by atoms with van der Waals surface area (Å²) >= 11 is 0. The molecule has 0 aliphatic carbocycles. The Hall–Kier alpha value is -1.26. The van der Waals surface area contributed by atoms with Gasteiger partial charge in [-0.05, 0) is 29.2 Å². The second-order valence-corrected chi connectivity index (χ2v) is 4.18. The predicted octanol–water partition coefficient (Wildman–Crippen LogP) is 2.06. The van der Waals surface area contributed by atoms with Gasteiger partial charge in [-0.15, -0.1) is 0 Å². The van der Waals surface area contributed by atoms with Crippen LogP contribution in [0.2, 0.25) is 0 Å². The number of ether oxygens (including phenoxy) is 2. The maximum absolute atomic E-state index is 8.81. The lowest BCUT2D eigenvalue weighted by atomic mass is 9.96. The molecule has 0 saturated carbocycles. The molecule has 0 fully saturated rings. The Labute approximate surface area is 95.1 Å². The molecule has 1 aromatic carbocycles. The van der Waals surface area contributed by atoms with Crippen molar-refractivity contribution >= 4 is 0 Å². The summed E-state index contributed by atoms with van der Waals surface area (Å²) in [6.07, 6.45) is 0. The summed E-state index contributed by atoms with van der Waals surface area (Å²) in [5.41, 5.74) is 4.41. The van der Waals surface area contributed by atoms with E-state index in [9.17, 15) is 0 Å². The summed E-state index contributed by atoms with van der Waals surface area (Å²) in [6, 6.07) is 3.94. The van der Waals surface area contributed by atoms with Gasteiger partial charge in [0.15, 0.2) is 11.5 Å². The van der Waals surface area contributed by atoms with Crippen LogP contribution in [-0.2, 0) is 6.54 Å². The Kier molecular flexibility index (Phi) is 3.31. The molecule has 2 rings (SSSR count). The lowest BCUT2D eigenvalue weighted by Crippen LogP contribution is -2.17. The van der Waals surface area contributed by atoms with Crippen LogP contribution in [0, 0.1) is 0 Å². The molecule has 16 heavy (non-hydrogen) atoms. The summed E-state index contributed by atoms with van der Waals surface area (Å²) in [6.45, 7) is 5.84. The van der Waals surface area contributed by atoms with Crippen molar-refractivity contribution in [2.24, 2.45) is 0 Å². The first kappa shape index (κ1) is 11.2. The second kappa shape index (κ2) is 4.72. The lowest BCUT2D eigenvalue weighted by molar-refractivity contribution is 0.158. The maximum Gasteiger partial charge on any atom is 0.161 e. The summed E-state index contributed by atoms with van der Waals surface area (Å²) in [5, 5.41) is 8.81. The first-order valence-electron chi connectivity index (χ1n) is 5.51. The van der Waals surface area contributed by atoms with Crippen LogP contribution in [0.15, 0.2) is 12.1 Å². The monoisotopic (exact) mass is 223 g/mol.